The molecular weight excluding hydrogens is 188 g/mol. The number of carbonyl (C=O) groups excluding carboxylic acids is 1. The Bertz CT molecular complexity index is 272. The van der Waals surface area contributed by atoms with E-state index in [0.29, 0.717) is 12.6 Å². The van der Waals surface area contributed by atoms with Gasteiger partial charge in [0.15, 0.2) is 0 Å². The van der Waals surface area contributed by atoms with Crippen molar-refractivity contribution in [2.24, 2.45) is 5.92 Å². The number of carbonyl (C=O) groups is 1. The molecule has 0 unspecified atom stereocenters. The van der Waals surface area contributed by atoms with Crippen LogP contribution in [0.1, 0.15) is 44.9 Å². The summed E-state index contributed by atoms with van der Waals surface area (Å²) < 4.78 is 0. The third-order valence-corrected chi connectivity index (χ3v) is 3.47. The minimum Gasteiger partial charge on any atom is -0.326 e. The lowest BCUT2D eigenvalue weighted by Crippen LogP contribution is -2.38. The maximum absolute atomic E-state index is 12.1. The highest BCUT2D eigenvalue weighted by Crippen LogP contribution is 2.31. The van der Waals surface area contributed by atoms with Crippen LogP contribution in [0.4, 0.5) is 0 Å². The Kier molecular flexibility index (Phi) is 3.25. The molecule has 2 saturated carbocycles. The van der Waals surface area contributed by atoms with E-state index in [1.165, 1.54) is 19.3 Å². The van der Waals surface area contributed by atoms with Gasteiger partial charge < -0.3 is 4.90 Å². The molecule has 0 radical (unpaired) electrons. The van der Waals surface area contributed by atoms with E-state index in [-0.39, 0.29) is 11.8 Å². The molecule has 0 aromatic heterocycles. The fraction of sp³-hybridized carbons (Fsp3) is 0.833. The van der Waals surface area contributed by atoms with E-state index in [9.17, 15) is 4.79 Å². The van der Waals surface area contributed by atoms with Crippen molar-refractivity contribution in [3.05, 3.63) is 0 Å². The number of amides is 1. The summed E-state index contributed by atoms with van der Waals surface area (Å²) in [5.74, 6) is 0.464. The van der Waals surface area contributed by atoms with Crippen molar-refractivity contribution in [2.75, 3.05) is 6.54 Å². The highest BCUT2D eigenvalue weighted by Gasteiger charge is 2.35. The van der Waals surface area contributed by atoms with Gasteiger partial charge in [-0.3, -0.25) is 4.79 Å². The Balaban J connectivity index is 1.93. The Morgan fingerprint density at radius 1 is 1.20 bits per heavy atom. The summed E-state index contributed by atoms with van der Waals surface area (Å²) in [5, 5.41) is 8.72. The Morgan fingerprint density at radius 3 is 2.40 bits per heavy atom. The van der Waals surface area contributed by atoms with Crippen molar-refractivity contribution < 1.29 is 4.79 Å². The van der Waals surface area contributed by atoms with Crippen LogP contribution in [0.3, 0.4) is 0 Å². The predicted octanol–water partition coefficient (Wildman–Crippen LogP) is 2.08. The topological polar surface area (TPSA) is 44.1 Å². The Labute approximate surface area is 91.1 Å². The monoisotopic (exact) mass is 206 g/mol. The van der Waals surface area contributed by atoms with E-state index in [1.54, 1.807) is 0 Å². The lowest BCUT2D eigenvalue weighted by molar-refractivity contribution is -0.136. The zero-order valence-electron chi connectivity index (χ0n) is 9.11. The number of nitrogens with zero attached hydrogens (tertiary/aromatic N) is 2. The standard InChI is InChI=1S/C12H18N2O/c13-8-9-14(11-6-7-11)12(15)10-4-2-1-3-5-10/h10-11H,1-7,9H2. The largest absolute Gasteiger partial charge is 0.326 e. The lowest BCUT2D eigenvalue weighted by atomic mass is 9.88. The molecule has 2 rings (SSSR count). The van der Waals surface area contributed by atoms with Gasteiger partial charge in [0.25, 0.3) is 0 Å². The van der Waals surface area contributed by atoms with Gasteiger partial charge in [0.05, 0.1) is 6.07 Å². The molecule has 1 amide bonds. The lowest BCUT2D eigenvalue weighted by Gasteiger charge is -2.27. The third kappa shape index (κ3) is 2.50. The summed E-state index contributed by atoms with van der Waals surface area (Å²) in [4.78, 5) is 14.0. The average Bonchev–Trinajstić information content (AvgIpc) is 3.10. The summed E-state index contributed by atoms with van der Waals surface area (Å²) in [6, 6.07) is 2.50. The van der Waals surface area contributed by atoms with Crippen molar-refractivity contribution in [2.45, 2.75) is 51.0 Å². The number of nitriles is 1. The molecule has 2 aliphatic carbocycles. The van der Waals surface area contributed by atoms with Crippen molar-refractivity contribution in [3.63, 3.8) is 0 Å². The first-order valence-electron chi connectivity index (χ1n) is 6.00. The van der Waals surface area contributed by atoms with E-state index >= 15 is 0 Å². The molecule has 0 atom stereocenters. The van der Waals surface area contributed by atoms with Gasteiger partial charge in [-0.2, -0.15) is 5.26 Å². The van der Waals surface area contributed by atoms with Crippen LogP contribution in [0.2, 0.25) is 0 Å². The maximum atomic E-state index is 12.1. The van der Waals surface area contributed by atoms with Crippen LogP contribution in [-0.2, 0) is 4.79 Å². The quantitative estimate of drug-likeness (QED) is 0.663. The van der Waals surface area contributed by atoms with Gasteiger partial charge in [-0.15, -0.1) is 0 Å². The van der Waals surface area contributed by atoms with E-state index in [0.717, 1.165) is 25.7 Å². The van der Waals surface area contributed by atoms with Gasteiger partial charge in [0.2, 0.25) is 5.91 Å². The fourth-order valence-electron chi connectivity index (χ4n) is 2.43. The normalized spacial score (nSPS) is 22.1. The van der Waals surface area contributed by atoms with Crippen molar-refractivity contribution >= 4 is 5.91 Å². The van der Waals surface area contributed by atoms with Gasteiger partial charge in [-0.05, 0) is 25.7 Å². The first kappa shape index (κ1) is 10.5. The summed E-state index contributed by atoms with van der Waals surface area (Å²) >= 11 is 0. The first-order chi connectivity index (χ1) is 7.33. The fourth-order valence-corrected chi connectivity index (χ4v) is 2.43. The molecule has 0 bridgehead atoms. The number of hydrogen-bond donors (Lipinski definition) is 0. The third-order valence-electron chi connectivity index (χ3n) is 3.47. The molecule has 3 nitrogen and oxygen atoms in total. The van der Waals surface area contributed by atoms with Crippen LogP contribution in [0, 0.1) is 17.2 Å². The molecule has 2 aliphatic rings. The van der Waals surface area contributed by atoms with Crippen LogP contribution in [0.15, 0.2) is 0 Å². The number of rotatable bonds is 3. The molecule has 0 saturated heterocycles. The zero-order chi connectivity index (χ0) is 10.7. The van der Waals surface area contributed by atoms with Gasteiger partial charge >= 0.3 is 0 Å². The van der Waals surface area contributed by atoms with E-state index in [2.05, 4.69) is 6.07 Å². The molecule has 3 heteroatoms. The second-order valence-electron chi connectivity index (χ2n) is 4.69. The number of hydrogen-bond acceptors (Lipinski definition) is 2. The second kappa shape index (κ2) is 4.65. The average molecular weight is 206 g/mol. The van der Waals surface area contributed by atoms with E-state index in [4.69, 9.17) is 5.26 Å². The molecule has 0 aliphatic heterocycles. The van der Waals surface area contributed by atoms with E-state index < -0.39 is 0 Å². The van der Waals surface area contributed by atoms with Gasteiger partial charge in [0, 0.05) is 12.0 Å². The van der Waals surface area contributed by atoms with Crippen LogP contribution in [-0.4, -0.2) is 23.4 Å². The molecular formula is C12H18N2O. The van der Waals surface area contributed by atoms with Crippen LogP contribution >= 0.6 is 0 Å². The highest BCUT2D eigenvalue weighted by molar-refractivity contribution is 5.79. The van der Waals surface area contributed by atoms with Crippen molar-refractivity contribution in [1.82, 2.24) is 4.90 Å². The van der Waals surface area contributed by atoms with Crippen LogP contribution in [0.25, 0.3) is 0 Å². The second-order valence-corrected chi connectivity index (χ2v) is 4.69. The Morgan fingerprint density at radius 2 is 1.87 bits per heavy atom. The van der Waals surface area contributed by atoms with Gasteiger partial charge in [-0.25, -0.2) is 0 Å². The SMILES string of the molecule is N#CCN(C(=O)C1CCCCC1)C1CC1. The minimum atomic E-state index is 0.215. The summed E-state index contributed by atoms with van der Waals surface area (Å²) in [6.45, 7) is 0.292. The molecule has 2 fully saturated rings. The molecule has 0 spiro atoms. The maximum Gasteiger partial charge on any atom is 0.226 e. The smallest absolute Gasteiger partial charge is 0.226 e. The summed E-state index contributed by atoms with van der Waals surface area (Å²) in [6.07, 6.45) is 7.90. The molecule has 0 N–H and O–H groups in total. The predicted molar refractivity (Wildman–Crippen MR) is 56.9 cm³/mol. The molecule has 0 aromatic rings. The summed E-state index contributed by atoms with van der Waals surface area (Å²) in [7, 11) is 0. The highest BCUT2D eigenvalue weighted by atomic mass is 16.2. The molecule has 0 heterocycles. The molecule has 15 heavy (non-hydrogen) atoms. The Hall–Kier alpha value is -1.04. The molecule has 82 valence electrons. The van der Waals surface area contributed by atoms with Crippen LogP contribution < -0.4 is 0 Å². The van der Waals surface area contributed by atoms with Gasteiger partial charge in [0.1, 0.15) is 6.54 Å². The van der Waals surface area contributed by atoms with Crippen molar-refractivity contribution in [1.29, 1.82) is 5.26 Å². The zero-order valence-corrected chi connectivity index (χ0v) is 9.11. The van der Waals surface area contributed by atoms with Gasteiger partial charge in [-0.1, -0.05) is 19.3 Å². The summed E-state index contributed by atoms with van der Waals surface area (Å²) in [5.41, 5.74) is 0. The first-order valence-corrected chi connectivity index (χ1v) is 6.00. The van der Waals surface area contributed by atoms with Crippen LogP contribution in [0.5, 0.6) is 0 Å². The van der Waals surface area contributed by atoms with Crippen molar-refractivity contribution in [3.8, 4) is 6.07 Å². The minimum absolute atomic E-state index is 0.215. The van der Waals surface area contributed by atoms with E-state index in [1.807, 2.05) is 4.90 Å². The molecule has 0 aromatic carbocycles.